The fraction of sp³-hybridized carbons (Fsp3) is 0.923. The molecule has 1 fully saturated rings. The van der Waals surface area contributed by atoms with Crippen molar-refractivity contribution in [2.45, 2.75) is 57.0 Å². The Morgan fingerprint density at radius 3 is 2.50 bits per heavy atom. The van der Waals surface area contributed by atoms with Crippen LogP contribution in [-0.2, 0) is 4.74 Å². The summed E-state index contributed by atoms with van der Waals surface area (Å²) in [6.45, 7) is 5.19. The summed E-state index contributed by atoms with van der Waals surface area (Å²) in [5.41, 5.74) is 0. The Labute approximate surface area is 122 Å². The molecule has 0 radical (unpaired) electrons. The van der Waals surface area contributed by atoms with E-state index in [1.807, 2.05) is 0 Å². The van der Waals surface area contributed by atoms with Crippen LogP contribution in [0.15, 0.2) is 0 Å². The van der Waals surface area contributed by atoms with Crippen LogP contribution in [0.2, 0.25) is 0 Å². The summed E-state index contributed by atoms with van der Waals surface area (Å²) in [5, 5.41) is 0. The van der Waals surface area contributed by atoms with Crippen LogP contribution in [0.25, 0.3) is 0 Å². The number of carbonyl (C=O) groups is 1. The van der Waals surface area contributed by atoms with Gasteiger partial charge >= 0.3 is 12.3 Å². The van der Waals surface area contributed by atoms with E-state index in [1.165, 1.54) is 4.90 Å². The van der Waals surface area contributed by atoms with Crippen molar-refractivity contribution in [1.29, 1.82) is 0 Å². The largest absolute Gasteiger partial charge is 0.440 e. The molecule has 1 saturated heterocycles. The Hall–Kier alpha value is -0.590. The Morgan fingerprint density at radius 2 is 1.95 bits per heavy atom. The third-order valence-corrected chi connectivity index (χ3v) is 4.35. The van der Waals surface area contributed by atoms with Gasteiger partial charge in [-0.05, 0) is 19.3 Å². The molecular formula is C13H22F3NO2S. The number of hydrogen-bond donors (Lipinski definition) is 0. The zero-order chi connectivity index (χ0) is 15.4. The molecule has 118 valence electrons. The molecule has 7 heteroatoms. The summed E-state index contributed by atoms with van der Waals surface area (Å²) < 4.78 is 40.7. The molecule has 0 N–H and O–H groups in total. The first-order valence-electron chi connectivity index (χ1n) is 6.72. The molecule has 0 spiro atoms. The van der Waals surface area contributed by atoms with E-state index in [1.54, 1.807) is 11.8 Å². The first-order chi connectivity index (χ1) is 9.08. The van der Waals surface area contributed by atoms with Crippen LogP contribution in [0.1, 0.15) is 40.0 Å². The maximum absolute atomic E-state index is 12.1. The van der Waals surface area contributed by atoms with E-state index in [2.05, 4.69) is 25.5 Å². The Bertz CT molecular complexity index is 329. The second-order valence-corrected chi connectivity index (χ2v) is 7.78. The van der Waals surface area contributed by atoms with Crippen LogP contribution in [-0.4, -0.2) is 46.9 Å². The van der Waals surface area contributed by atoms with E-state index in [4.69, 9.17) is 0 Å². The standard InChI is InChI=1S/C13H22F3NO2S/c1-12(2,3)20-8-10-6-4-5-7-17(10)11(18)19-9-13(14,15)16/h10H,4-9H2,1-3H3/t10-/m1/s1. The minimum atomic E-state index is -4.47. The Kier molecular flexibility index (Phi) is 6.04. The SMILES string of the molecule is CC(C)(C)SC[C@H]1CCCCN1C(=O)OCC(F)(F)F. The van der Waals surface area contributed by atoms with E-state index in [9.17, 15) is 18.0 Å². The van der Waals surface area contributed by atoms with Gasteiger partial charge in [0.25, 0.3) is 0 Å². The number of alkyl halides is 3. The second-order valence-electron chi connectivity index (χ2n) is 5.94. The lowest BCUT2D eigenvalue weighted by atomic mass is 10.0. The molecule has 0 bridgehead atoms. The summed E-state index contributed by atoms with van der Waals surface area (Å²) in [5.74, 6) is 0.727. The molecule has 0 unspecified atom stereocenters. The van der Waals surface area contributed by atoms with Crippen molar-refractivity contribution in [3.05, 3.63) is 0 Å². The predicted molar refractivity (Wildman–Crippen MR) is 74.0 cm³/mol. The summed E-state index contributed by atoms with van der Waals surface area (Å²) in [4.78, 5) is 13.2. The van der Waals surface area contributed by atoms with Crippen LogP contribution in [0.3, 0.4) is 0 Å². The van der Waals surface area contributed by atoms with E-state index < -0.39 is 18.9 Å². The van der Waals surface area contributed by atoms with Gasteiger partial charge in [-0.3, -0.25) is 0 Å². The molecule has 20 heavy (non-hydrogen) atoms. The van der Waals surface area contributed by atoms with Gasteiger partial charge in [0, 0.05) is 23.1 Å². The highest BCUT2D eigenvalue weighted by molar-refractivity contribution is 8.00. The second kappa shape index (κ2) is 6.91. The number of rotatable bonds is 3. The Balaban J connectivity index is 2.52. The number of amides is 1. The van der Waals surface area contributed by atoms with Gasteiger partial charge in [0.05, 0.1) is 0 Å². The van der Waals surface area contributed by atoms with Gasteiger partial charge in [0.15, 0.2) is 6.61 Å². The van der Waals surface area contributed by atoms with Gasteiger partial charge in [-0.15, -0.1) is 0 Å². The van der Waals surface area contributed by atoms with Gasteiger partial charge in [-0.25, -0.2) is 4.79 Å². The van der Waals surface area contributed by atoms with Crippen molar-refractivity contribution in [2.24, 2.45) is 0 Å². The van der Waals surface area contributed by atoms with Crippen LogP contribution >= 0.6 is 11.8 Å². The highest BCUT2D eigenvalue weighted by atomic mass is 32.2. The maximum atomic E-state index is 12.1. The lowest BCUT2D eigenvalue weighted by Crippen LogP contribution is -2.46. The van der Waals surface area contributed by atoms with Gasteiger partial charge in [0.1, 0.15) is 0 Å². The monoisotopic (exact) mass is 313 g/mol. The molecule has 0 saturated carbocycles. The van der Waals surface area contributed by atoms with Crippen molar-refractivity contribution >= 4 is 17.9 Å². The smallest absolute Gasteiger partial charge is 0.422 e. The zero-order valence-corrected chi connectivity index (χ0v) is 12.9. The fourth-order valence-electron chi connectivity index (χ4n) is 1.99. The molecule has 1 amide bonds. The highest BCUT2D eigenvalue weighted by Gasteiger charge is 2.33. The number of halogens is 3. The first kappa shape index (κ1) is 17.5. The van der Waals surface area contributed by atoms with E-state index in [0.717, 1.165) is 25.0 Å². The van der Waals surface area contributed by atoms with Crippen LogP contribution in [0, 0.1) is 0 Å². The molecule has 1 aliphatic heterocycles. The minimum Gasteiger partial charge on any atom is -0.440 e. The first-order valence-corrected chi connectivity index (χ1v) is 7.71. The van der Waals surface area contributed by atoms with E-state index in [0.29, 0.717) is 6.54 Å². The number of hydrogen-bond acceptors (Lipinski definition) is 3. The minimum absolute atomic E-state index is 0.0336. The summed E-state index contributed by atoms with van der Waals surface area (Å²) >= 11 is 1.71. The molecular weight excluding hydrogens is 291 g/mol. The molecule has 0 aromatic carbocycles. The molecule has 0 aromatic rings. The average molecular weight is 313 g/mol. The summed E-state index contributed by atoms with van der Waals surface area (Å²) in [6, 6.07) is -0.0336. The van der Waals surface area contributed by atoms with Crippen LogP contribution < -0.4 is 0 Å². The quantitative estimate of drug-likeness (QED) is 0.786. The zero-order valence-electron chi connectivity index (χ0n) is 12.1. The van der Waals surface area contributed by atoms with Crippen LogP contribution in [0.5, 0.6) is 0 Å². The van der Waals surface area contributed by atoms with Gasteiger partial charge in [0.2, 0.25) is 0 Å². The van der Waals surface area contributed by atoms with Gasteiger partial charge in [-0.1, -0.05) is 20.8 Å². The molecule has 3 nitrogen and oxygen atoms in total. The summed E-state index contributed by atoms with van der Waals surface area (Å²) in [7, 11) is 0. The third-order valence-electron chi connectivity index (χ3n) is 2.93. The average Bonchev–Trinajstić information content (AvgIpc) is 2.32. The van der Waals surface area contributed by atoms with Crippen molar-refractivity contribution in [3.63, 3.8) is 0 Å². The number of carbonyl (C=O) groups excluding carboxylic acids is 1. The lowest BCUT2D eigenvalue weighted by molar-refractivity contribution is -0.163. The lowest BCUT2D eigenvalue weighted by Gasteiger charge is -2.36. The molecule has 1 atom stereocenters. The van der Waals surface area contributed by atoms with Gasteiger partial charge < -0.3 is 9.64 Å². The molecule has 1 rings (SSSR count). The highest BCUT2D eigenvalue weighted by Crippen LogP contribution is 2.29. The van der Waals surface area contributed by atoms with E-state index >= 15 is 0 Å². The topological polar surface area (TPSA) is 29.5 Å². The van der Waals surface area contributed by atoms with Gasteiger partial charge in [-0.2, -0.15) is 24.9 Å². The molecule has 1 heterocycles. The summed E-state index contributed by atoms with van der Waals surface area (Å²) in [6.07, 6.45) is -2.68. The number of nitrogens with zero attached hydrogens (tertiary/aromatic N) is 1. The third kappa shape index (κ3) is 6.72. The molecule has 0 aliphatic carbocycles. The van der Waals surface area contributed by atoms with E-state index in [-0.39, 0.29) is 10.8 Å². The maximum Gasteiger partial charge on any atom is 0.422 e. The van der Waals surface area contributed by atoms with Crippen molar-refractivity contribution in [3.8, 4) is 0 Å². The van der Waals surface area contributed by atoms with Crippen molar-refractivity contribution in [1.82, 2.24) is 4.90 Å². The molecule has 0 aromatic heterocycles. The predicted octanol–water partition coefficient (Wildman–Crippen LogP) is 4.07. The number of thioether (sulfide) groups is 1. The number of piperidine rings is 1. The number of likely N-dealkylation sites (tertiary alicyclic amines) is 1. The Morgan fingerprint density at radius 1 is 1.30 bits per heavy atom. The normalized spacial score (nSPS) is 20.9. The van der Waals surface area contributed by atoms with Crippen molar-refractivity contribution < 1.29 is 22.7 Å². The fourth-order valence-corrected chi connectivity index (χ4v) is 3.03. The van der Waals surface area contributed by atoms with Crippen LogP contribution in [0.4, 0.5) is 18.0 Å². The molecule has 1 aliphatic rings. The van der Waals surface area contributed by atoms with Crippen molar-refractivity contribution in [2.75, 3.05) is 18.9 Å². The number of ether oxygens (including phenoxy) is 1.